The molecule has 9 heteroatoms. The van der Waals surface area contributed by atoms with Crippen molar-refractivity contribution >= 4 is 44.8 Å². The van der Waals surface area contributed by atoms with Crippen LogP contribution in [0.15, 0.2) is 68.9 Å². The van der Waals surface area contributed by atoms with E-state index in [2.05, 4.69) is 14.4 Å². The number of fused-ring (bicyclic) bond motifs is 1. The van der Waals surface area contributed by atoms with E-state index in [0.29, 0.717) is 34.2 Å². The lowest BCUT2D eigenvalue weighted by molar-refractivity contribution is 0.540. The summed E-state index contributed by atoms with van der Waals surface area (Å²) in [5.41, 5.74) is 3.15. The third kappa shape index (κ3) is 6.34. The zero-order chi connectivity index (χ0) is 23.8. The fourth-order valence-corrected chi connectivity index (χ4v) is 4.28. The molecule has 0 spiro atoms. The van der Waals surface area contributed by atoms with Gasteiger partial charge in [-0.15, -0.1) is 0 Å². The van der Waals surface area contributed by atoms with E-state index in [-0.39, 0.29) is 5.63 Å². The topological polar surface area (TPSA) is 92.9 Å². The normalized spacial score (nSPS) is 13.6. The van der Waals surface area contributed by atoms with E-state index in [9.17, 15) is 9.00 Å². The summed E-state index contributed by atoms with van der Waals surface area (Å²) in [7, 11) is 1.60. The Morgan fingerprint density at radius 1 is 1.21 bits per heavy atom. The molecule has 0 aliphatic carbocycles. The highest BCUT2D eigenvalue weighted by atomic mass is 32.2. The monoisotopic (exact) mass is 485 g/mol. The Hall–Kier alpha value is -2.88. The predicted molar refractivity (Wildman–Crippen MR) is 138 cm³/mol. The summed E-state index contributed by atoms with van der Waals surface area (Å²) in [6.45, 7) is 5.92. The number of rotatable bonds is 6. The second-order valence-electron chi connectivity index (χ2n) is 6.80. The van der Waals surface area contributed by atoms with E-state index in [0.717, 1.165) is 22.3 Å². The molecule has 0 saturated carbocycles. The number of benzene rings is 2. The van der Waals surface area contributed by atoms with E-state index in [1.54, 1.807) is 19.3 Å². The van der Waals surface area contributed by atoms with Crippen LogP contribution in [-0.2, 0) is 17.6 Å². The lowest BCUT2D eigenvalue weighted by Crippen LogP contribution is -2.18. The molecular formula is C24H27N3O4S2. The molecule has 3 aromatic rings. The average molecular weight is 486 g/mol. The number of hydrogen-bond acceptors (Lipinski definition) is 6. The maximum Gasteiger partial charge on any atom is 0.340 e. The molecule has 2 heterocycles. The first-order valence-corrected chi connectivity index (χ1v) is 12.7. The maximum atomic E-state index is 12.7. The van der Waals surface area contributed by atoms with Gasteiger partial charge < -0.3 is 9.15 Å². The minimum Gasteiger partial charge on any atom is -0.434 e. The van der Waals surface area contributed by atoms with Crippen LogP contribution in [0, 0.1) is 6.92 Å². The standard InChI is InChI=1S/C22H21N3O4S2.C2H6/c1-14-18-8-7-17(28-22-24-9-4-10-30-22)13-20(18)29-21(26)19(14)12-15-5-3-6-16(11-15)25-31(27)23-2;1-2/h3-9,11,13,23,25H,10,12H2,1-2H3;1-2H3. The van der Waals surface area contributed by atoms with Gasteiger partial charge in [0.15, 0.2) is 11.2 Å². The molecule has 0 bridgehead atoms. The molecule has 0 fully saturated rings. The molecule has 1 atom stereocenters. The summed E-state index contributed by atoms with van der Waals surface area (Å²) in [5, 5.41) is 1.41. The molecule has 4 rings (SSSR count). The van der Waals surface area contributed by atoms with E-state index < -0.39 is 11.2 Å². The first kappa shape index (κ1) is 24.8. The van der Waals surface area contributed by atoms with Crippen molar-refractivity contribution in [2.24, 2.45) is 4.99 Å². The van der Waals surface area contributed by atoms with Gasteiger partial charge in [-0.3, -0.25) is 4.72 Å². The van der Waals surface area contributed by atoms with Crippen LogP contribution in [-0.4, -0.2) is 22.2 Å². The molecule has 1 unspecified atom stereocenters. The Kier molecular flexibility index (Phi) is 8.87. The maximum absolute atomic E-state index is 12.7. The van der Waals surface area contributed by atoms with Gasteiger partial charge in [-0.05, 0) is 49.4 Å². The van der Waals surface area contributed by atoms with Gasteiger partial charge in [0.2, 0.25) is 0 Å². The second-order valence-corrected chi connectivity index (χ2v) is 8.92. The lowest BCUT2D eigenvalue weighted by atomic mass is 9.99. The number of nitrogens with one attached hydrogen (secondary N) is 2. The van der Waals surface area contributed by atoms with Gasteiger partial charge in [-0.25, -0.2) is 18.7 Å². The van der Waals surface area contributed by atoms with Crippen molar-refractivity contribution in [2.45, 2.75) is 27.2 Å². The van der Waals surface area contributed by atoms with E-state index in [4.69, 9.17) is 9.15 Å². The Morgan fingerprint density at radius 3 is 2.76 bits per heavy atom. The van der Waals surface area contributed by atoms with E-state index >= 15 is 0 Å². The minimum atomic E-state index is -1.37. The molecule has 0 radical (unpaired) electrons. The smallest absolute Gasteiger partial charge is 0.340 e. The second kappa shape index (κ2) is 11.8. The molecule has 1 aliphatic rings. The number of aliphatic imine (C=N–C) groups is 1. The molecule has 7 nitrogen and oxygen atoms in total. The number of hydrogen-bond donors (Lipinski definition) is 2. The van der Waals surface area contributed by atoms with Gasteiger partial charge in [-0.2, -0.15) is 0 Å². The molecule has 1 aliphatic heterocycles. The van der Waals surface area contributed by atoms with Crippen LogP contribution >= 0.6 is 11.8 Å². The van der Waals surface area contributed by atoms with Crippen LogP contribution in [0.5, 0.6) is 5.75 Å². The highest BCUT2D eigenvalue weighted by Gasteiger charge is 2.14. The predicted octanol–water partition coefficient (Wildman–Crippen LogP) is 4.92. The summed E-state index contributed by atoms with van der Waals surface area (Å²) in [5.74, 6) is 1.38. The van der Waals surface area contributed by atoms with Crippen molar-refractivity contribution in [3.63, 3.8) is 0 Å². The SMILES string of the molecule is CC.CNS(=O)Nc1cccc(Cc2c(C)c3ccc(OC4=NC=CCS4)cc3oc2=O)c1. The van der Waals surface area contributed by atoms with Crippen LogP contribution in [0.2, 0.25) is 0 Å². The van der Waals surface area contributed by atoms with Crippen molar-refractivity contribution in [3.05, 3.63) is 81.9 Å². The van der Waals surface area contributed by atoms with Crippen LogP contribution in [0.1, 0.15) is 30.5 Å². The molecule has 33 heavy (non-hydrogen) atoms. The van der Waals surface area contributed by atoms with E-state index in [1.165, 1.54) is 11.8 Å². The Balaban J connectivity index is 0.00000149. The molecule has 174 valence electrons. The Labute approximate surface area is 200 Å². The summed E-state index contributed by atoms with van der Waals surface area (Å²) in [4.78, 5) is 16.9. The average Bonchev–Trinajstić information content (AvgIpc) is 2.84. The first-order valence-electron chi connectivity index (χ1n) is 10.6. The van der Waals surface area contributed by atoms with Crippen molar-refractivity contribution in [1.82, 2.24) is 4.72 Å². The third-order valence-electron chi connectivity index (χ3n) is 4.76. The fourth-order valence-electron chi connectivity index (χ4n) is 3.22. The Bertz CT molecular complexity index is 1270. The Morgan fingerprint density at radius 2 is 2.03 bits per heavy atom. The van der Waals surface area contributed by atoms with Crippen LogP contribution in [0.25, 0.3) is 11.0 Å². The van der Waals surface area contributed by atoms with Crippen molar-refractivity contribution in [3.8, 4) is 5.75 Å². The zero-order valence-electron chi connectivity index (χ0n) is 19.0. The number of thioether (sulfide) groups is 1. The first-order chi connectivity index (χ1) is 16.0. The number of anilines is 1. The minimum absolute atomic E-state index is 0.383. The van der Waals surface area contributed by atoms with Gasteiger partial charge in [0.25, 0.3) is 5.23 Å². The van der Waals surface area contributed by atoms with Crippen LogP contribution in [0.3, 0.4) is 0 Å². The number of nitrogens with zero attached hydrogens (tertiary/aromatic N) is 1. The highest BCUT2D eigenvalue weighted by molar-refractivity contribution is 8.13. The van der Waals surface area contributed by atoms with Gasteiger partial charge in [0.05, 0.1) is 0 Å². The largest absolute Gasteiger partial charge is 0.434 e. The van der Waals surface area contributed by atoms with Gasteiger partial charge in [0.1, 0.15) is 11.3 Å². The lowest BCUT2D eigenvalue weighted by Gasteiger charge is -2.12. The highest BCUT2D eigenvalue weighted by Crippen LogP contribution is 2.27. The molecule has 2 aromatic carbocycles. The third-order valence-corrected chi connectivity index (χ3v) is 6.34. The number of aryl methyl sites for hydroxylation is 1. The van der Waals surface area contributed by atoms with E-state index in [1.807, 2.05) is 63.2 Å². The van der Waals surface area contributed by atoms with Crippen LogP contribution in [0.4, 0.5) is 5.69 Å². The van der Waals surface area contributed by atoms with Gasteiger partial charge >= 0.3 is 5.63 Å². The van der Waals surface area contributed by atoms with Gasteiger partial charge in [0, 0.05) is 41.1 Å². The van der Waals surface area contributed by atoms with Gasteiger partial charge in [-0.1, -0.05) is 43.8 Å². The molecule has 1 aromatic heterocycles. The molecule has 2 N–H and O–H groups in total. The quantitative estimate of drug-likeness (QED) is 0.483. The van der Waals surface area contributed by atoms with Crippen molar-refractivity contribution in [2.75, 3.05) is 17.5 Å². The van der Waals surface area contributed by atoms with Crippen molar-refractivity contribution < 1.29 is 13.4 Å². The summed E-state index contributed by atoms with van der Waals surface area (Å²) in [6.07, 6.45) is 4.07. The molecule has 0 amide bonds. The van der Waals surface area contributed by atoms with Crippen LogP contribution < -0.4 is 19.8 Å². The summed E-state index contributed by atoms with van der Waals surface area (Å²) >= 11 is 0.129. The molecule has 0 saturated heterocycles. The molecular weight excluding hydrogens is 458 g/mol. The summed E-state index contributed by atoms with van der Waals surface area (Å²) in [6, 6.07) is 12.9. The van der Waals surface area contributed by atoms with Crippen molar-refractivity contribution in [1.29, 1.82) is 0 Å². The fraction of sp³-hybridized carbons (Fsp3) is 0.250. The number of ether oxygens (including phenoxy) is 1. The summed E-state index contributed by atoms with van der Waals surface area (Å²) < 4.78 is 28.5. The zero-order valence-corrected chi connectivity index (χ0v) is 20.6.